The molecule has 0 spiro atoms. The van der Waals surface area contributed by atoms with Gasteiger partial charge in [0, 0.05) is 42.0 Å². The quantitative estimate of drug-likeness (QED) is 0.775. The first-order valence-electron chi connectivity index (χ1n) is 8.85. The minimum Gasteiger partial charge on any atom is -0.381 e. The largest absolute Gasteiger partial charge is 0.381 e. The molecule has 1 aromatic heterocycles. The molecule has 0 unspecified atom stereocenters. The molecule has 2 aromatic carbocycles. The van der Waals surface area contributed by atoms with Crippen LogP contribution >= 0.6 is 0 Å². The highest BCUT2D eigenvalue weighted by atomic mass is 19.1. The number of likely N-dealkylation sites (tertiary alicyclic amines) is 1. The molecule has 2 heterocycles. The van der Waals surface area contributed by atoms with Crippen LogP contribution < -0.4 is 5.32 Å². The maximum atomic E-state index is 13.0. The second-order valence-corrected chi connectivity index (χ2v) is 6.65. The molecule has 1 atom stereocenters. The maximum absolute atomic E-state index is 13.0. The zero-order valence-corrected chi connectivity index (χ0v) is 14.4. The zero-order valence-electron chi connectivity index (χ0n) is 14.4. The molecule has 1 saturated heterocycles. The van der Waals surface area contributed by atoms with Crippen molar-refractivity contribution in [2.45, 2.75) is 18.9 Å². The van der Waals surface area contributed by atoms with Gasteiger partial charge in [-0.05, 0) is 61.4 Å². The molecule has 26 heavy (non-hydrogen) atoms. The van der Waals surface area contributed by atoms with E-state index in [9.17, 15) is 9.18 Å². The molecule has 1 aliphatic heterocycles. The van der Waals surface area contributed by atoms with Gasteiger partial charge in [0.15, 0.2) is 0 Å². The molecule has 4 nitrogen and oxygen atoms in total. The summed E-state index contributed by atoms with van der Waals surface area (Å²) in [4.78, 5) is 19.1. The summed E-state index contributed by atoms with van der Waals surface area (Å²) in [5.74, 6) is -0.205. The summed E-state index contributed by atoms with van der Waals surface area (Å²) in [6.07, 6.45) is 3.68. The van der Waals surface area contributed by atoms with Crippen molar-refractivity contribution < 1.29 is 9.18 Å². The molecule has 0 saturated carbocycles. The minimum absolute atomic E-state index is 0.0429. The van der Waals surface area contributed by atoms with Crippen molar-refractivity contribution in [3.63, 3.8) is 0 Å². The second kappa shape index (κ2) is 7.12. The van der Waals surface area contributed by atoms with Crippen LogP contribution in [0.25, 0.3) is 10.9 Å². The topological polar surface area (TPSA) is 45.2 Å². The molecule has 4 rings (SSSR count). The Morgan fingerprint density at radius 2 is 2.00 bits per heavy atom. The number of carbonyl (C=O) groups excluding carboxylic acids is 1. The summed E-state index contributed by atoms with van der Waals surface area (Å²) >= 11 is 0. The molecule has 3 aromatic rings. The van der Waals surface area contributed by atoms with E-state index in [0.29, 0.717) is 12.1 Å². The van der Waals surface area contributed by atoms with E-state index in [1.807, 2.05) is 35.2 Å². The smallest absolute Gasteiger partial charge is 0.253 e. The van der Waals surface area contributed by atoms with Crippen LogP contribution in [-0.4, -0.2) is 34.9 Å². The van der Waals surface area contributed by atoms with Crippen LogP contribution in [0.4, 0.5) is 10.1 Å². The van der Waals surface area contributed by atoms with Gasteiger partial charge in [-0.3, -0.25) is 9.78 Å². The Morgan fingerprint density at radius 3 is 2.85 bits per heavy atom. The van der Waals surface area contributed by atoms with E-state index in [-0.39, 0.29) is 17.8 Å². The van der Waals surface area contributed by atoms with Crippen molar-refractivity contribution in [1.29, 1.82) is 0 Å². The third-order valence-corrected chi connectivity index (χ3v) is 4.77. The maximum Gasteiger partial charge on any atom is 0.253 e. The number of anilines is 1. The number of carbonyl (C=O) groups is 1. The molecule has 132 valence electrons. The Hall–Kier alpha value is -2.95. The highest BCUT2D eigenvalue weighted by molar-refractivity contribution is 5.98. The van der Waals surface area contributed by atoms with Crippen LogP contribution in [0, 0.1) is 5.82 Å². The third-order valence-electron chi connectivity index (χ3n) is 4.77. The first-order chi connectivity index (χ1) is 12.7. The van der Waals surface area contributed by atoms with Gasteiger partial charge in [-0.15, -0.1) is 0 Å². The lowest BCUT2D eigenvalue weighted by Crippen LogP contribution is -2.45. The van der Waals surface area contributed by atoms with Crippen LogP contribution in [0.2, 0.25) is 0 Å². The molecular formula is C21H20FN3O. The zero-order chi connectivity index (χ0) is 17.9. The lowest BCUT2D eigenvalue weighted by molar-refractivity contribution is 0.0715. The van der Waals surface area contributed by atoms with Crippen LogP contribution in [0.15, 0.2) is 60.8 Å². The number of piperidine rings is 1. The molecule has 1 aliphatic rings. The number of benzene rings is 2. The standard InChI is InChI=1S/C21H20FN3O/c22-17-6-8-18(9-7-17)24-19-4-2-12-25(14-19)21(26)16-5-10-20-15(13-16)3-1-11-23-20/h1,3,5-11,13,19,24H,2,4,12,14H2/t19-/m1/s1. The number of pyridine rings is 1. The lowest BCUT2D eigenvalue weighted by atomic mass is 10.0. The van der Waals surface area contributed by atoms with Gasteiger partial charge in [0.1, 0.15) is 5.82 Å². The fraction of sp³-hybridized carbons (Fsp3) is 0.238. The summed E-state index contributed by atoms with van der Waals surface area (Å²) < 4.78 is 13.0. The SMILES string of the molecule is O=C(c1ccc2ncccc2c1)N1CCC[C@@H](Nc2ccc(F)cc2)C1. The fourth-order valence-corrected chi connectivity index (χ4v) is 3.45. The normalized spacial score (nSPS) is 17.3. The second-order valence-electron chi connectivity index (χ2n) is 6.65. The Bertz CT molecular complexity index is 926. The summed E-state index contributed by atoms with van der Waals surface area (Å²) in [5.41, 5.74) is 2.45. The molecule has 0 aliphatic carbocycles. The molecule has 0 bridgehead atoms. The van der Waals surface area contributed by atoms with E-state index < -0.39 is 0 Å². The number of amides is 1. The number of fused-ring (bicyclic) bond motifs is 1. The Morgan fingerprint density at radius 1 is 1.15 bits per heavy atom. The average Bonchev–Trinajstić information content (AvgIpc) is 2.69. The van der Waals surface area contributed by atoms with Crippen molar-refractivity contribution >= 4 is 22.5 Å². The number of aromatic nitrogens is 1. The van der Waals surface area contributed by atoms with E-state index in [1.165, 1.54) is 12.1 Å². The monoisotopic (exact) mass is 349 g/mol. The minimum atomic E-state index is -0.248. The van der Waals surface area contributed by atoms with E-state index in [0.717, 1.165) is 36.0 Å². The fourth-order valence-electron chi connectivity index (χ4n) is 3.45. The Kier molecular flexibility index (Phi) is 4.52. The van der Waals surface area contributed by atoms with Crippen LogP contribution in [-0.2, 0) is 0 Å². The number of nitrogens with one attached hydrogen (secondary N) is 1. The molecule has 5 heteroatoms. The van der Waals surface area contributed by atoms with Crippen molar-refractivity contribution in [1.82, 2.24) is 9.88 Å². The van der Waals surface area contributed by atoms with Crippen molar-refractivity contribution in [3.05, 3.63) is 72.2 Å². The first-order valence-corrected chi connectivity index (χ1v) is 8.85. The van der Waals surface area contributed by atoms with Gasteiger partial charge in [-0.2, -0.15) is 0 Å². The van der Waals surface area contributed by atoms with Crippen LogP contribution in [0.1, 0.15) is 23.2 Å². The molecule has 0 radical (unpaired) electrons. The summed E-state index contributed by atoms with van der Waals surface area (Å²) in [5, 5.41) is 4.37. The predicted molar refractivity (Wildman–Crippen MR) is 101 cm³/mol. The van der Waals surface area contributed by atoms with E-state index in [4.69, 9.17) is 0 Å². The average molecular weight is 349 g/mol. The predicted octanol–water partition coefficient (Wildman–Crippen LogP) is 4.09. The van der Waals surface area contributed by atoms with E-state index in [1.54, 1.807) is 18.3 Å². The van der Waals surface area contributed by atoms with Gasteiger partial charge in [0.05, 0.1) is 5.52 Å². The van der Waals surface area contributed by atoms with Crippen molar-refractivity contribution in [2.24, 2.45) is 0 Å². The Balaban J connectivity index is 1.47. The number of hydrogen-bond acceptors (Lipinski definition) is 3. The van der Waals surface area contributed by atoms with E-state index in [2.05, 4.69) is 10.3 Å². The number of hydrogen-bond donors (Lipinski definition) is 1. The van der Waals surface area contributed by atoms with Crippen LogP contribution in [0.5, 0.6) is 0 Å². The molecular weight excluding hydrogens is 329 g/mol. The molecule has 1 N–H and O–H groups in total. The number of rotatable bonds is 3. The van der Waals surface area contributed by atoms with Gasteiger partial charge < -0.3 is 10.2 Å². The van der Waals surface area contributed by atoms with Gasteiger partial charge in [0.25, 0.3) is 5.91 Å². The molecule has 1 fully saturated rings. The highest BCUT2D eigenvalue weighted by Crippen LogP contribution is 2.20. The lowest BCUT2D eigenvalue weighted by Gasteiger charge is -2.33. The highest BCUT2D eigenvalue weighted by Gasteiger charge is 2.24. The third kappa shape index (κ3) is 3.52. The van der Waals surface area contributed by atoms with Crippen LogP contribution in [0.3, 0.4) is 0 Å². The van der Waals surface area contributed by atoms with Gasteiger partial charge in [-0.1, -0.05) is 6.07 Å². The van der Waals surface area contributed by atoms with Crippen molar-refractivity contribution in [2.75, 3.05) is 18.4 Å². The van der Waals surface area contributed by atoms with Gasteiger partial charge in [0.2, 0.25) is 0 Å². The Labute approximate surface area is 151 Å². The van der Waals surface area contributed by atoms with Crippen molar-refractivity contribution in [3.8, 4) is 0 Å². The van der Waals surface area contributed by atoms with Gasteiger partial charge >= 0.3 is 0 Å². The first kappa shape index (κ1) is 16.5. The summed E-state index contributed by atoms with van der Waals surface area (Å²) in [6, 6.07) is 16.0. The molecule has 1 amide bonds. The summed E-state index contributed by atoms with van der Waals surface area (Å²) in [6.45, 7) is 1.40. The number of nitrogens with zero attached hydrogens (tertiary/aromatic N) is 2. The number of halogens is 1. The van der Waals surface area contributed by atoms with E-state index >= 15 is 0 Å². The summed E-state index contributed by atoms with van der Waals surface area (Å²) in [7, 11) is 0. The van der Waals surface area contributed by atoms with Gasteiger partial charge in [-0.25, -0.2) is 4.39 Å².